The summed E-state index contributed by atoms with van der Waals surface area (Å²) in [5.41, 5.74) is 3.19. The van der Waals surface area contributed by atoms with Gasteiger partial charge in [-0.2, -0.15) is 0 Å². The fourth-order valence-electron chi connectivity index (χ4n) is 3.21. The van der Waals surface area contributed by atoms with Crippen molar-refractivity contribution in [2.75, 3.05) is 0 Å². The maximum atomic E-state index is 12.9. The van der Waals surface area contributed by atoms with E-state index in [9.17, 15) is 14.7 Å². The Hall–Kier alpha value is -3.14. The second-order valence-electron chi connectivity index (χ2n) is 5.62. The summed E-state index contributed by atoms with van der Waals surface area (Å²) >= 11 is 0. The number of para-hydroxylation sites is 1. The minimum atomic E-state index is -0.350. The van der Waals surface area contributed by atoms with Crippen LogP contribution in [0.1, 0.15) is 32.0 Å². The van der Waals surface area contributed by atoms with Crippen molar-refractivity contribution < 1.29 is 14.7 Å². The van der Waals surface area contributed by atoms with Crippen molar-refractivity contribution in [2.24, 2.45) is 0 Å². The SMILES string of the molecule is Cc1[nH]c2ccccc2c1C1=CC(=O)c2c(O)cccc2C1=O. The first kappa shape index (κ1) is 13.5. The van der Waals surface area contributed by atoms with E-state index in [0.717, 1.165) is 22.2 Å². The van der Waals surface area contributed by atoms with E-state index >= 15 is 0 Å². The Morgan fingerprint density at radius 3 is 2.57 bits per heavy atom. The molecule has 2 N–H and O–H groups in total. The molecule has 0 saturated heterocycles. The minimum absolute atomic E-state index is 0.0822. The number of carbonyl (C=O) groups is 2. The zero-order valence-electron chi connectivity index (χ0n) is 12.4. The highest BCUT2D eigenvalue weighted by Gasteiger charge is 2.30. The monoisotopic (exact) mass is 303 g/mol. The number of aromatic nitrogens is 1. The molecule has 0 unspecified atom stereocenters. The molecule has 1 heterocycles. The minimum Gasteiger partial charge on any atom is -0.507 e. The maximum Gasteiger partial charge on any atom is 0.194 e. The van der Waals surface area contributed by atoms with Gasteiger partial charge in [-0.3, -0.25) is 9.59 Å². The molecule has 3 aromatic rings. The van der Waals surface area contributed by atoms with Crippen molar-refractivity contribution in [1.29, 1.82) is 0 Å². The Balaban J connectivity index is 1.99. The Labute approximate surface area is 132 Å². The molecule has 0 saturated carbocycles. The first-order chi connectivity index (χ1) is 11.1. The quantitative estimate of drug-likeness (QED) is 0.721. The van der Waals surface area contributed by atoms with Crippen LogP contribution >= 0.6 is 0 Å². The van der Waals surface area contributed by atoms with E-state index in [4.69, 9.17) is 0 Å². The van der Waals surface area contributed by atoms with E-state index in [-0.39, 0.29) is 28.4 Å². The normalized spacial score (nSPS) is 14.0. The molecule has 0 aliphatic heterocycles. The van der Waals surface area contributed by atoms with Crippen LogP contribution in [0.3, 0.4) is 0 Å². The van der Waals surface area contributed by atoms with Crippen LogP contribution in [0.25, 0.3) is 16.5 Å². The number of hydrogen-bond acceptors (Lipinski definition) is 3. The van der Waals surface area contributed by atoms with Crippen LogP contribution in [0, 0.1) is 6.92 Å². The lowest BCUT2D eigenvalue weighted by atomic mass is 9.85. The predicted octanol–water partition coefficient (Wildman–Crippen LogP) is 3.64. The average molecular weight is 303 g/mol. The lowest BCUT2D eigenvalue weighted by molar-refractivity contribution is 0.0999. The Bertz CT molecular complexity index is 1020. The van der Waals surface area contributed by atoms with Gasteiger partial charge < -0.3 is 10.1 Å². The van der Waals surface area contributed by atoms with Crippen molar-refractivity contribution >= 4 is 28.0 Å². The number of H-pyrrole nitrogens is 1. The molecule has 1 aliphatic carbocycles. The molecule has 23 heavy (non-hydrogen) atoms. The number of aryl methyl sites for hydroxylation is 1. The van der Waals surface area contributed by atoms with Gasteiger partial charge in [-0.15, -0.1) is 0 Å². The highest BCUT2D eigenvalue weighted by atomic mass is 16.3. The molecular weight excluding hydrogens is 290 g/mol. The first-order valence-electron chi connectivity index (χ1n) is 7.28. The summed E-state index contributed by atoms with van der Waals surface area (Å²) in [6.07, 6.45) is 1.33. The van der Waals surface area contributed by atoms with Crippen LogP contribution in [0.4, 0.5) is 0 Å². The summed E-state index contributed by atoms with van der Waals surface area (Å²) in [6.45, 7) is 1.88. The van der Waals surface area contributed by atoms with E-state index in [1.165, 1.54) is 12.1 Å². The molecular formula is C19H13NO3. The van der Waals surface area contributed by atoms with E-state index < -0.39 is 0 Å². The average Bonchev–Trinajstić information content (AvgIpc) is 2.86. The van der Waals surface area contributed by atoms with Gasteiger partial charge in [0.25, 0.3) is 0 Å². The van der Waals surface area contributed by atoms with Gasteiger partial charge in [0.1, 0.15) is 5.75 Å². The third-order valence-electron chi connectivity index (χ3n) is 4.22. The number of allylic oxidation sites excluding steroid dienone is 2. The Morgan fingerprint density at radius 1 is 0.957 bits per heavy atom. The van der Waals surface area contributed by atoms with Crippen molar-refractivity contribution in [2.45, 2.75) is 6.92 Å². The number of phenolic OH excluding ortho intramolecular Hbond substituents is 1. The molecule has 4 rings (SSSR count). The second-order valence-corrected chi connectivity index (χ2v) is 5.62. The zero-order chi connectivity index (χ0) is 16.1. The number of phenols is 1. The third kappa shape index (κ3) is 1.85. The summed E-state index contributed by atoms with van der Waals surface area (Å²) in [5, 5.41) is 10.8. The van der Waals surface area contributed by atoms with Gasteiger partial charge in [0, 0.05) is 33.3 Å². The van der Waals surface area contributed by atoms with Crippen LogP contribution in [-0.4, -0.2) is 21.7 Å². The summed E-state index contributed by atoms with van der Waals surface area (Å²) in [7, 11) is 0. The fraction of sp³-hybridized carbons (Fsp3) is 0.0526. The van der Waals surface area contributed by atoms with E-state index in [1.54, 1.807) is 12.1 Å². The summed E-state index contributed by atoms with van der Waals surface area (Å²) in [5.74, 6) is -0.757. The number of nitrogens with one attached hydrogen (secondary N) is 1. The van der Waals surface area contributed by atoms with Gasteiger partial charge in [-0.05, 0) is 25.1 Å². The van der Waals surface area contributed by atoms with Crippen molar-refractivity contribution in [3.8, 4) is 5.75 Å². The molecule has 0 bridgehead atoms. The van der Waals surface area contributed by atoms with Crippen LogP contribution in [0.2, 0.25) is 0 Å². The number of aromatic hydroxyl groups is 1. The van der Waals surface area contributed by atoms with E-state index in [1.807, 2.05) is 31.2 Å². The fourth-order valence-corrected chi connectivity index (χ4v) is 3.21. The summed E-state index contributed by atoms with van der Waals surface area (Å²) in [4.78, 5) is 28.5. The zero-order valence-corrected chi connectivity index (χ0v) is 12.4. The molecule has 1 aromatic heterocycles. The van der Waals surface area contributed by atoms with Gasteiger partial charge in [-0.25, -0.2) is 0 Å². The van der Waals surface area contributed by atoms with Crippen LogP contribution in [-0.2, 0) is 0 Å². The lowest BCUT2D eigenvalue weighted by Crippen LogP contribution is -2.16. The number of fused-ring (bicyclic) bond motifs is 2. The maximum absolute atomic E-state index is 12.9. The van der Waals surface area contributed by atoms with Gasteiger partial charge in [-0.1, -0.05) is 30.3 Å². The smallest absolute Gasteiger partial charge is 0.194 e. The van der Waals surface area contributed by atoms with Gasteiger partial charge in [0.15, 0.2) is 11.6 Å². The molecule has 0 atom stereocenters. The highest BCUT2D eigenvalue weighted by Crippen LogP contribution is 2.36. The van der Waals surface area contributed by atoms with Crippen molar-refractivity contribution in [3.05, 3.63) is 70.9 Å². The number of ketones is 2. The molecule has 0 spiro atoms. The number of aromatic amines is 1. The van der Waals surface area contributed by atoms with Crippen molar-refractivity contribution in [3.63, 3.8) is 0 Å². The van der Waals surface area contributed by atoms with Gasteiger partial charge >= 0.3 is 0 Å². The van der Waals surface area contributed by atoms with Crippen molar-refractivity contribution in [1.82, 2.24) is 4.98 Å². The molecule has 112 valence electrons. The summed E-state index contributed by atoms with van der Waals surface area (Å²) < 4.78 is 0. The third-order valence-corrected chi connectivity index (χ3v) is 4.22. The molecule has 2 aromatic carbocycles. The topological polar surface area (TPSA) is 70.2 Å². The van der Waals surface area contributed by atoms with E-state index in [2.05, 4.69) is 4.98 Å². The first-order valence-corrected chi connectivity index (χ1v) is 7.28. The largest absolute Gasteiger partial charge is 0.507 e. The van der Waals surface area contributed by atoms with Crippen LogP contribution in [0.5, 0.6) is 5.75 Å². The molecule has 0 fully saturated rings. The molecule has 1 aliphatic rings. The summed E-state index contributed by atoms with van der Waals surface area (Å²) in [6, 6.07) is 12.2. The number of carbonyl (C=O) groups excluding carboxylic acids is 2. The standard InChI is InChI=1S/C19H13NO3/c1-10-17(11-5-2-3-7-14(11)20-10)13-9-16(22)18-12(19(13)23)6-4-8-15(18)21/h2-9,20-21H,1H3. The number of benzene rings is 2. The van der Waals surface area contributed by atoms with Crippen LogP contribution in [0.15, 0.2) is 48.5 Å². The molecule has 4 nitrogen and oxygen atoms in total. The number of hydrogen-bond donors (Lipinski definition) is 2. The van der Waals surface area contributed by atoms with Gasteiger partial charge in [0.05, 0.1) is 5.56 Å². The van der Waals surface area contributed by atoms with Gasteiger partial charge in [0.2, 0.25) is 0 Å². The van der Waals surface area contributed by atoms with Crippen LogP contribution < -0.4 is 0 Å². The lowest BCUT2D eigenvalue weighted by Gasteiger charge is -2.16. The molecule has 0 amide bonds. The molecule has 4 heteroatoms. The van der Waals surface area contributed by atoms with E-state index in [0.29, 0.717) is 5.57 Å². The number of Topliss-reactive ketones (excluding diaryl/α,β-unsaturated/α-hetero) is 1. The highest BCUT2D eigenvalue weighted by molar-refractivity contribution is 6.40. The second kappa shape index (κ2) is 4.68. The predicted molar refractivity (Wildman–Crippen MR) is 87.8 cm³/mol. The molecule has 0 radical (unpaired) electrons. The number of rotatable bonds is 1. The Morgan fingerprint density at radius 2 is 1.74 bits per heavy atom. The Kier molecular flexibility index (Phi) is 2.75.